The molecule has 1 atom stereocenters. The zero-order valence-corrected chi connectivity index (χ0v) is 24.6. The molecule has 0 fully saturated rings. The molecule has 0 saturated heterocycles. The molecule has 0 aliphatic carbocycles. The van der Waals surface area contributed by atoms with Crippen LogP contribution in [-0.2, 0) is 26.2 Å². The van der Waals surface area contributed by atoms with E-state index in [9.17, 15) is 18.0 Å². The van der Waals surface area contributed by atoms with Crippen molar-refractivity contribution >= 4 is 50.7 Å². The molecule has 0 saturated carbocycles. The molecule has 10 heteroatoms. The molecule has 3 aromatic carbocycles. The van der Waals surface area contributed by atoms with Crippen LogP contribution in [0.3, 0.4) is 0 Å². The van der Waals surface area contributed by atoms with E-state index in [-0.39, 0.29) is 33.1 Å². The number of hydrogen-bond donors (Lipinski definition) is 1. The molecule has 39 heavy (non-hydrogen) atoms. The fourth-order valence-electron chi connectivity index (χ4n) is 4.00. The van der Waals surface area contributed by atoms with Gasteiger partial charge in [-0.2, -0.15) is 0 Å². The van der Waals surface area contributed by atoms with Gasteiger partial charge in [0.2, 0.25) is 11.8 Å². The molecular weight excluding hydrogens is 557 g/mol. The monoisotopic (exact) mass is 589 g/mol. The first-order valence-electron chi connectivity index (χ1n) is 12.7. The maximum absolute atomic E-state index is 14.0. The van der Waals surface area contributed by atoms with Gasteiger partial charge in [-0.1, -0.05) is 79.0 Å². The average molecular weight is 591 g/mol. The summed E-state index contributed by atoms with van der Waals surface area (Å²) in [6.45, 7) is 5.60. The van der Waals surface area contributed by atoms with Crippen molar-refractivity contribution in [2.45, 2.75) is 51.1 Å². The minimum absolute atomic E-state index is 0.00958. The number of carbonyl (C=O) groups is 2. The summed E-state index contributed by atoms with van der Waals surface area (Å²) in [5, 5.41) is 3.25. The molecule has 208 valence electrons. The second-order valence-corrected chi connectivity index (χ2v) is 11.9. The van der Waals surface area contributed by atoms with E-state index in [2.05, 4.69) is 5.32 Å². The predicted molar refractivity (Wildman–Crippen MR) is 157 cm³/mol. The van der Waals surface area contributed by atoms with Crippen molar-refractivity contribution < 1.29 is 18.0 Å². The van der Waals surface area contributed by atoms with E-state index in [0.717, 1.165) is 28.3 Å². The summed E-state index contributed by atoms with van der Waals surface area (Å²) in [5.41, 5.74) is 1.86. The van der Waals surface area contributed by atoms with Gasteiger partial charge >= 0.3 is 0 Å². The lowest BCUT2D eigenvalue weighted by Gasteiger charge is -2.32. The first kappa shape index (κ1) is 30.5. The normalized spacial score (nSPS) is 12.0. The second kappa shape index (κ2) is 13.8. The summed E-state index contributed by atoms with van der Waals surface area (Å²) in [7, 11) is -4.22. The highest BCUT2D eigenvalue weighted by atomic mass is 35.5. The molecule has 1 N–H and O–H groups in total. The van der Waals surface area contributed by atoms with Crippen LogP contribution in [0.25, 0.3) is 0 Å². The first-order valence-corrected chi connectivity index (χ1v) is 14.9. The largest absolute Gasteiger partial charge is 0.354 e. The summed E-state index contributed by atoms with van der Waals surface area (Å²) < 4.78 is 28.6. The molecule has 0 unspecified atom stereocenters. The fraction of sp³-hybridized carbons (Fsp3) is 0.310. The Kier molecular flexibility index (Phi) is 10.8. The van der Waals surface area contributed by atoms with Crippen molar-refractivity contribution in [3.05, 3.63) is 94.0 Å². The quantitative estimate of drug-likeness (QED) is 0.269. The SMILES string of the molecule is CCCCNC(=O)[C@H](C)N(Cc1ccccc1C)C(=O)CN(c1cc(Cl)ccc1Cl)S(=O)(=O)c1ccccc1. The van der Waals surface area contributed by atoms with Gasteiger partial charge in [-0.25, -0.2) is 8.42 Å². The molecule has 0 heterocycles. The highest BCUT2D eigenvalue weighted by Gasteiger charge is 2.33. The smallest absolute Gasteiger partial charge is 0.264 e. The number of halogens is 2. The fourth-order valence-corrected chi connectivity index (χ4v) is 5.88. The van der Waals surface area contributed by atoms with Crippen molar-refractivity contribution in [3.8, 4) is 0 Å². The molecule has 3 aromatic rings. The second-order valence-electron chi connectivity index (χ2n) is 9.19. The molecule has 0 aliphatic rings. The van der Waals surface area contributed by atoms with Crippen LogP contribution in [-0.4, -0.2) is 44.3 Å². The Morgan fingerprint density at radius 1 is 0.974 bits per heavy atom. The number of benzene rings is 3. The Bertz CT molecular complexity index is 1400. The van der Waals surface area contributed by atoms with E-state index in [1.807, 2.05) is 38.1 Å². The van der Waals surface area contributed by atoms with E-state index in [1.54, 1.807) is 25.1 Å². The third kappa shape index (κ3) is 7.75. The van der Waals surface area contributed by atoms with Crippen LogP contribution in [0, 0.1) is 6.92 Å². The van der Waals surface area contributed by atoms with Gasteiger partial charge in [0.15, 0.2) is 0 Å². The van der Waals surface area contributed by atoms with Crippen LogP contribution in [0.1, 0.15) is 37.8 Å². The van der Waals surface area contributed by atoms with Crippen LogP contribution in [0.4, 0.5) is 5.69 Å². The maximum Gasteiger partial charge on any atom is 0.264 e. The zero-order chi connectivity index (χ0) is 28.6. The van der Waals surface area contributed by atoms with E-state index in [0.29, 0.717) is 6.54 Å². The topological polar surface area (TPSA) is 86.8 Å². The zero-order valence-electron chi connectivity index (χ0n) is 22.2. The van der Waals surface area contributed by atoms with E-state index >= 15 is 0 Å². The van der Waals surface area contributed by atoms with Gasteiger partial charge in [-0.3, -0.25) is 13.9 Å². The third-order valence-electron chi connectivity index (χ3n) is 6.39. The molecule has 0 bridgehead atoms. The lowest BCUT2D eigenvalue weighted by atomic mass is 10.1. The van der Waals surface area contributed by atoms with Crippen molar-refractivity contribution in [2.24, 2.45) is 0 Å². The van der Waals surface area contributed by atoms with Gasteiger partial charge in [-0.15, -0.1) is 0 Å². The number of nitrogens with zero attached hydrogens (tertiary/aromatic N) is 2. The van der Waals surface area contributed by atoms with Gasteiger partial charge in [-0.05, 0) is 61.7 Å². The van der Waals surface area contributed by atoms with E-state index in [4.69, 9.17) is 23.2 Å². The first-order chi connectivity index (χ1) is 18.6. The van der Waals surface area contributed by atoms with E-state index < -0.39 is 28.5 Å². The summed E-state index contributed by atoms with van der Waals surface area (Å²) in [5.74, 6) is -0.879. The summed E-state index contributed by atoms with van der Waals surface area (Å²) >= 11 is 12.6. The number of rotatable bonds is 12. The lowest BCUT2D eigenvalue weighted by Crippen LogP contribution is -2.51. The Balaban J connectivity index is 2.04. The number of anilines is 1. The van der Waals surface area contributed by atoms with Gasteiger partial charge in [0.25, 0.3) is 10.0 Å². The summed E-state index contributed by atoms with van der Waals surface area (Å²) in [6.07, 6.45) is 1.72. The number of aryl methyl sites for hydroxylation is 1. The van der Waals surface area contributed by atoms with Gasteiger partial charge in [0.1, 0.15) is 12.6 Å². The van der Waals surface area contributed by atoms with Crippen molar-refractivity contribution in [1.82, 2.24) is 10.2 Å². The highest BCUT2D eigenvalue weighted by Crippen LogP contribution is 2.33. The molecule has 3 rings (SSSR count). The van der Waals surface area contributed by atoms with Crippen LogP contribution < -0.4 is 9.62 Å². The van der Waals surface area contributed by atoms with E-state index in [1.165, 1.54) is 35.2 Å². The number of hydrogen-bond acceptors (Lipinski definition) is 4. The Hall–Kier alpha value is -3.07. The summed E-state index contributed by atoms with van der Waals surface area (Å²) in [6, 6.07) is 18.9. The minimum Gasteiger partial charge on any atom is -0.354 e. The van der Waals surface area contributed by atoms with Crippen molar-refractivity contribution in [3.63, 3.8) is 0 Å². The van der Waals surface area contributed by atoms with Gasteiger partial charge < -0.3 is 10.2 Å². The van der Waals surface area contributed by atoms with Crippen LogP contribution >= 0.6 is 23.2 Å². The van der Waals surface area contributed by atoms with Crippen LogP contribution in [0.5, 0.6) is 0 Å². The maximum atomic E-state index is 14.0. The third-order valence-corrected chi connectivity index (χ3v) is 8.71. The van der Waals surface area contributed by atoms with Gasteiger partial charge in [0.05, 0.1) is 15.6 Å². The van der Waals surface area contributed by atoms with Crippen molar-refractivity contribution in [2.75, 3.05) is 17.4 Å². The lowest BCUT2D eigenvalue weighted by molar-refractivity contribution is -0.139. The number of nitrogens with one attached hydrogen (secondary N) is 1. The number of carbonyl (C=O) groups excluding carboxylic acids is 2. The summed E-state index contributed by atoms with van der Waals surface area (Å²) in [4.78, 5) is 28.4. The Morgan fingerprint density at radius 3 is 2.31 bits per heavy atom. The molecule has 7 nitrogen and oxygen atoms in total. The molecule has 0 spiro atoms. The predicted octanol–water partition coefficient (Wildman–Crippen LogP) is 5.83. The molecule has 2 amide bonds. The number of amides is 2. The molecule has 0 radical (unpaired) electrons. The Labute approximate surface area is 240 Å². The number of unbranched alkanes of at least 4 members (excludes halogenated alkanes) is 1. The molecular formula is C29H33Cl2N3O4S. The minimum atomic E-state index is -4.22. The Morgan fingerprint density at radius 2 is 1.64 bits per heavy atom. The average Bonchev–Trinajstić information content (AvgIpc) is 2.92. The standard InChI is InChI=1S/C29H33Cl2N3O4S/c1-4-5-17-32-29(36)22(3)33(19-23-12-10-9-11-21(23)2)28(35)20-34(27-18-24(30)15-16-26(27)31)39(37,38)25-13-7-6-8-14-25/h6-16,18,22H,4-5,17,19-20H2,1-3H3,(H,32,36)/t22-/m0/s1. The number of sulfonamides is 1. The van der Waals surface area contributed by atoms with Crippen LogP contribution in [0.2, 0.25) is 10.0 Å². The highest BCUT2D eigenvalue weighted by molar-refractivity contribution is 7.92. The molecule has 0 aliphatic heterocycles. The van der Waals surface area contributed by atoms with Crippen LogP contribution in [0.15, 0.2) is 77.7 Å². The van der Waals surface area contributed by atoms with Crippen molar-refractivity contribution in [1.29, 1.82) is 0 Å². The molecule has 0 aromatic heterocycles. The van der Waals surface area contributed by atoms with Gasteiger partial charge in [0, 0.05) is 18.1 Å².